The van der Waals surface area contributed by atoms with Crippen LogP contribution in [0.2, 0.25) is 0 Å². The molecule has 6 nitrogen and oxygen atoms in total. The highest BCUT2D eigenvalue weighted by molar-refractivity contribution is 5.66. The van der Waals surface area contributed by atoms with E-state index in [-0.39, 0.29) is 6.54 Å². The lowest BCUT2D eigenvalue weighted by molar-refractivity contribution is -0.138. The van der Waals surface area contributed by atoms with Gasteiger partial charge in [0.1, 0.15) is 0 Å². The molecule has 1 N–H and O–H groups in total. The van der Waals surface area contributed by atoms with E-state index in [0.717, 1.165) is 17.6 Å². The SMILES string of the molecule is O=C(O)Cn1nnc(C2CCCC2)n1. The molecule has 1 saturated carbocycles. The summed E-state index contributed by atoms with van der Waals surface area (Å²) in [6.45, 7) is -0.209. The van der Waals surface area contributed by atoms with Crippen molar-refractivity contribution in [3.63, 3.8) is 0 Å². The average Bonchev–Trinajstić information content (AvgIpc) is 2.69. The normalized spacial score (nSPS) is 17.4. The summed E-state index contributed by atoms with van der Waals surface area (Å²) in [6, 6.07) is 0. The maximum Gasteiger partial charge on any atom is 0.327 e. The molecule has 1 aliphatic carbocycles. The number of carboxylic acid groups (broad SMARTS) is 1. The van der Waals surface area contributed by atoms with Gasteiger partial charge in [0.25, 0.3) is 0 Å². The van der Waals surface area contributed by atoms with Gasteiger partial charge in [-0.25, -0.2) is 0 Å². The number of hydrogen-bond acceptors (Lipinski definition) is 4. The summed E-state index contributed by atoms with van der Waals surface area (Å²) >= 11 is 0. The summed E-state index contributed by atoms with van der Waals surface area (Å²) in [5.41, 5.74) is 0. The molecule has 76 valence electrons. The Kier molecular flexibility index (Phi) is 2.43. The van der Waals surface area contributed by atoms with Gasteiger partial charge in [0.2, 0.25) is 0 Å². The van der Waals surface area contributed by atoms with E-state index in [2.05, 4.69) is 15.4 Å². The first-order valence-electron chi connectivity index (χ1n) is 4.75. The van der Waals surface area contributed by atoms with Crippen LogP contribution in [-0.2, 0) is 11.3 Å². The monoisotopic (exact) mass is 196 g/mol. The summed E-state index contributed by atoms with van der Waals surface area (Å²) < 4.78 is 0. The largest absolute Gasteiger partial charge is 0.480 e. The minimum atomic E-state index is -0.944. The van der Waals surface area contributed by atoms with Crippen LogP contribution in [0.15, 0.2) is 0 Å². The average molecular weight is 196 g/mol. The van der Waals surface area contributed by atoms with E-state index in [1.54, 1.807) is 0 Å². The second-order valence-corrected chi connectivity index (χ2v) is 3.55. The fourth-order valence-electron chi connectivity index (χ4n) is 1.79. The molecule has 1 aromatic heterocycles. The fraction of sp³-hybridized carbons (Fsp3) is 0.750. The second-order valence-electron chi connectivity index (χ2n) is 3.55. The maximum absolute atomic E-state index is 10.4. The molecular formula is C8H12N4O2. The van der Waals surface area contributed by atoms with Crippen LogP contribution in [0.3, 0.4) is 0 Å². The number of hydrogen-bond donors (Lipinski definition) is 1. The molecular weight excluding hydrogens is 184 g/mol. The highest BCUT2D eigenvalue weighted by atomic mass is 16.4. The molecule has 0 unspecified atom stereocenters. The Morgan fingerprint density at radius 2 is 2.21 bits per heavy atom. The van der Waals surface area contributed by atoms with Crippen LogP contribution in [0.1, 0.15) is 37.4 Å². The van der Waals surface area contributed by atoms with Gasteiger partial charge in [-0.3, -0.25) is 4.79 Å². The van der Waals surface area contributed by atoms with Crippen molar-refractivity contribution < 1.29 is 9.90 Å². The number of carbonyl (C=O) groups is 1. The third kappa shape index (κ3) is 1.89. The fourth-order valence-corrected chi connectivity index (χ4v) is 1.79. The topological polar surface area (TPSA) is 80.9 Å². The smallest absolute Gasteiger partial charge is 0.327 e. The number of aromatic nitrogens is 4. The van der Waals surface area contributed by atoms with Gasteiger partial charge in [-0.15, -0.1) is 10.2 Å². The predicted octanol–water partition coefficient (Wildman–Crippen LogP) is 0.415. The van der Waals surface area contributed by atoms with Crippen molar-refractivity contribution in [3.05, 3.63) is 5.82 Å². The molecule has 14 heavy (non-hydrogen) atoms. The Morgan fingerprint density at radius 3 is 2.86 bits per heavy atom. The lowest BCUT2D eigenvalue weighted by Gasteiger charge is -1.99. The van der Waals surface area contributed by atoms with Gasteiger partial charge in [-0.05, 0) is 18.1 Å². The van der Waals surface area contributed by atoms with E-state index >= 15 is 0 Å². The van der Waals surface area contributed by atoms with Crippen molar-refractivity contribution in [1.82, 2.24) is 20.2 Å². The lowest BCUT2D eigenvalue weighted by atomic mass is 10.1. The van der Waals surface area contributed by atoms with Crippen molar-refractivity contribution in [2.45, 2.75) is 38.1 Å². The highest BCUT2D eigenvalue weighted by Gasteiger charge is 2.21. The molecule has 0 bridgehead atoms. The van der Waals surface area contributed by atoms with Crippen LogP contribution >= 0.6 is 0 Å². The van der Waals surface area contributed by atoms with Gasteiger partial charge >= 0.3 is 5.97 Å². The van der Waals surface area contributed by atoms with E-state index in [1.807, 2.05) is 0 Å². The molecule has 6 heteroatoms. The van der Waals surface area contributed by atoms with Crippen LogP contribution in [0, 0.1) is 0 Å². The summed E-state index contributed by atoms with van der Waals surface area (Å²) in [5, 5.41) is 20.1. The minimum absolute atomic E-state index is 0.209. The zero-order valence-electron chi connectivity index (χ0n) is 7.76. The van der Waals surface area contributed by atoms with E-state index in [9.17, 15) is 4.79 Å². The molecule has 0 atom stereocenters. The molecule has 2 rings (SSSR count). The molecule has 0 spiro atoms. The third-order valence-corrected chi connectivity index (χ3v) is 2.47. The van der Waals surface area contributed by atoms with E-state index in [0.29, 0.717) is 11.7 Å². The Labute approximate surface area is 80.9 Å². The van der Waals surface area contributed by atoms with Crippen molar-refractivity contribution in [1.29, 1.82) is 0 Å². The Balaban J connectivity index is 2.05. The first-order valence-corrected chi connectivity index (χ1v) is 4.75. The summed E-state index contributed by atoms with van der Waals surface area (Å²) in [4.78, 5) is 11.5. The Bertz CT molecular complexity index is 330. The van der Waals surface area contributed by atoms with Crippen LogP contribution in [0.4, 0.5) is 0 Å². The molecule has 0 radical (unpaired) electrons. The Hall–Kier alpha value is -1.46. The molecule has 0 aromatic carbocycles. The van der Waals surface area contributed by atoms with Crippen molar-refractivity contribution >= 4 is 5.97 Å². The number of carboxylic acids is 1. The number of rotatable bonds is 3. The van der Waals surface area contributed by atoms with E-state index < -0.39 is 5.97 Å². The molecule has 0 aliphatic heterocycles. The van der Waals surface area contributed by atoms with Crippen LogP contribution in [0.5, 0.6) is 0 Å². The molecule has 1 aromatic rings. The second kappa shape index (κ2) is 3.73. The summed E-state index contributed by atoms with van der Waals surface area (Å²) in [6.07, 6.45) is 4.60. The van der Waals surface area contributed by atoms with Crippen LogP contribution < -0.4 is 0 Å². The number of aliphatic carboxylic acids is 1. The molecule has 1 heterocycles. The highest BCUT2D eigenvalue weighted by Crippen LogP contribution is 2.31. The standard InChI is InChI=1S/C8H12N4O2/c13-7(14)5-12-10-8(9-11-12)6-3-1-2-4-6/h6H,1-5H2,(H,13,14). The van der Waals surface area contributed by atoms with Gasteiger partial charge in [0.15, 0.2) is 12.4 Å². The Morgan fingerprint density at radius 1 is 1.50 bits per heavy atom. The molecule has 0 saturated heterocycles. The maximum atomic E-state index is 10.4. The van der Waals surface area contributed by atoms with Crippen molar-refractivity contribution in [3.8, 4) is 0 Å². The van der Waals surface area contributed by atoms with Crippen molar-refractivity contribution in [2.24, 2.45) is 0 Å². The number of tetrazole rings is 1. The summed E-state index contributed by atoms with van der Waals surface area (Å²) in [5.74, 6) is 0.140. The summed E-state index contributed by atoms with van der Waals surface area (Å²) in [7, 11) is 0. The first-order chi connectivity index (χ1) is 6.75. The van der Waals surface area contributed by atoms with Crippen LogP contribution in [-0.4, -0.2) is 31.3 Å². The van der Waals surface area contributed by atoms with Crippen molar-refractivity contribution in [2.75, 3.05) is 0 Å². The zero-order chi connectivity index (χ0) is 9.97. The van der Waals surface area contributed by atoms with Gasteiger partial charge < -0.3 is 5.11 Å². The zero-order valence-corrected chi connectivity index (χ0v) is 7.76. The van der Waals surface area contributed by atoms with Gasteiger partial charge in [0.05, 0.1) is 0 Å². The van der Waals surface area contributed by atoms with Crippen LogP contribution in [0.25, 0.3) is 0 Å². The van der Waals surface area contributed by atoms with Gasteiger partial charge in [0, 0.05) is 5.92 Å². The van der Waals surface area contributed by atoms with Gasteiger partial charge in [-0.1, -0.05) is 12.8 Å². The molecule has 1 fully saturated rings. The quantitative estimate of drug-likeness (QED) is 0.757. The lowest BCUT2D eigenvalue weighted by Crippen LogP contribution is -2.12. The third-order valence-electron chi connectivity index (χ3n) is 2.47. The van der Waals surface area contributed by atoms with E-state index in [1.165, 1.54) is 12.8 Å². The molecule has 1 aliphatic rings. The van der Waals surface area contributed by atoms with Gasteiger partial charge in [-0.2, -0.15) is 4.80 Å². The predicted molar refractivity (Wildman–Crippen MR) is 46.7 cm³/mol. The molecule has 0 amide bonds. The number of nitrogens with zero attached hydrogens (tertiary/aromatic N) is 4. The minimum Gasteiger partial charge on any atom is -0.480 e. The van der Waals surface area contributed by atoms with E-state index in [4.69, 9.17) is 5.11 Å². The first kappa shape index (κ1) is 9.11.